The van der Waals surface area contributed by atoms with Crippen LogP contribution in [0.5, 0.6) is 0 Å². The van der Waals surface area contributed by atoms with Crippen LogP contribution in [0.1, 0.15) is 52.2 Å². The van der Waals surface area contributed by atoms with Crippen LogP contribution < -0.4 is 10.5 Å². The third kappa shape index (κ3) is 8.38. The van der Waals surface area contributed by atoms with Gasteiger partial charge >= 0.3 is 5.97 Å². The summed E-state index contributed by atoms with van der Waals surface area (Å²) in [5.41, 5.74) is 9.41. The van der Waals surface area contributed by atoms with Crippen LogP contribution in [-0.2, 0) is 26.1 Å². The van der Waals surface area contributed by atoms with Crippen LogP contribution in [0.3, 0.4) is 0 Å². The zero-order valence-corrected chi connectivity index (χ0v) is 20.9. The van der Waals surface area contributed by atoms with Gasteiger partial charge in [-0.25, -0.2) is 8.42 Å². The highest BCUT2D eigenvalue weighted by Crippen LogP contribution is 2.19. The zero-order valence-electron chi connectivity index (χ0n) is 20.1. The van der Waals surface area contributed by atoms with Crippen LogP contribution in [-0.4, -0.2) is 25.7 Å². The number of hydrogen-bond donors (Lipinski definition) is 2. The first-order valence-corrected chi connectivity index (χ1v) is 12.1. The van der Waals surface area contributed by atoms with Gasteiger partial charge in [0.1, 0.15) is 5.60 Å². The summed E-state index contributed by atoms with van der Waals surface area (Å²) in [6.45, 7) is 11.1. The Kier molecular flexibility index (Phi) is 8.44. The number of anilines is 1. The topological polar surface area (TPSA) is 111 Å². The van der Waals surface area contributed by atoms with Gasteiger partial charge in [-0.05, 0) is 71.4 Å². The van der Waals surface area contributed by atoms with Crippen molar-refractivity contribution in [2.45, 2.75) is 65.0 Å². The largest absolute Gasteiger partial charge is 0.460 e. The molecule has 3 N–H and O–H groups in total. The Morgan fingerprint density at radius 2 is 1.73 bits per heavy atom. The monoisotopic (exact) mass is 471 g/mol. The molecule has 0 aliphatic rings. The van der Waals surface area contributed by atoms with Crippen molar-refractivity contribution in [3.8, 4) is 0 Å². The molecule has 2 rings (SSSR count). The van der Waals surface area contributed by atoms with Crippen molar-refractivity contribution in [2.24, 2.45) is 10.7 Å². The minimum absolute atomic E-state index is 0.0331. The maximum Gasteiger partial charge on any atom is 0.310 e. The van der Waals surface area contributed by atoms with Gasteiger partial charge in [0.05, 0.1) is 17.9 Å². The molecule has 2 aromatic rings. The zero-order chi connectivity index (χ0) is 24.8. The summed E-state index contributed by atoms with van der Waals surface area (Å²) in [4.78, 5) is 17.0. The summed E-state index contributed by atoms with van der Waals surface area (Å²) < 4.78 is 33.3. The summed E-state index contributed by atoms with van der Waals surface area (Å²) in [5, 5.41) is 0. The number of esters is 1. The number of aliphatic imine (C=N–C) groups is 1. The fraction of sp³-hybridized carbons (Fsp3) is 0.360. The highest BCUT2D eigenvalue weighted by molar-refractivity contribution is 7.92. The molecule has 8 heteroatoms. The van der Waals surface area contributed by atoms with Crippen molar-refractivity contribution < 1.29 is 17.9 Å². The molecule has 0 amide bonds. The molecule has 0 saturated carbocycles. The predicted molar refractivity (Wildman–Crippen MR) is 133 cm³/mol. The van der Waals surface area contributed by atoms with Crippen LogP contribution in [0.25, 0.3) is 0 Å². The molecule has 0 radical (unpaired) electrons. The number of nitrogens with two attached hydrogens (primary N) is 1. The molecule has 0 aromatic heterocycles. The van der Waals surface area contributed by atoms with E-state index in [9.17, 15) is 13.2 Å². The smallest absolute Gasteiger partial charge is 0.310 e. The van der Waals surface area contributed by atoms with Crippen LogP contribution in [0, 0.1) is 6.92 Å². The summed E-state index contributed by atoms with van der Waals surface area (Å²) in [6, 6.07) is 13.7. The van der Waals surface area contributed by atoms with Gasteiger partial charge in [0.25, 0.3) is 10.0 Å². The number of carbonyl (C=O) groups is 1. The van der Waals surface area contributed by atoms with E-state index in [4.69, 9.17) is 10.5 Å². The second-order valence-electron chi connectivity index (χ2n) is 8.95. The lowest BCUT2D eigenvalue weighted by Crippen LogP contribution is -2.25. The lowest BCUT2D eigenvalue weighted by Gasteiger charge is -2.20. The van der Waals surface area contributed by atoms with Crippen molar-refractivity contribution in [1.29, 1.82) is 0 Å². The highest BCUT2D eigenvalue weighted by Gasteiger charge is 2.19. The van der Waals surface area contributed by atoms with Crippen LogP contribution in [0.2, 0.25) is 0 Å². The minimum Gasteiger partial charge on any atom is -0.460 e. The first-order valence-electron chi connectivity index (χ1n) is 10.6. The number of sulfonamides is 1. The normalized spacial score (nSPS) is 13.3. The Labute approximate surface area is 196 Å². The summed E-state index contributed by atoms with van der Waals surface area (Å²) in [5.74, 6) is -0.371. The first-order chi connectivity index (χ1) is 15.3. The average molecular weight is 472 g/mol. The van der Waals surface area contributed by atoms with Gasteiger partial charge < -0.3 is 10.5 Å². The van der Waals surface area contributed by atoms with E-state index in [-0.39, 0.29) is 17.3 Å². The van der Waals surface area contributed by atoms with Crippen molar-refractivity contribution >= 4 is 27.4 Å². The first kappa shape index (κ1) is 26.1. The van der Waals surface area contributed by atoms with E-state index in [1.807, 2.05) is 33.8 Å². The highest BCUT2D eigenvalue weighted by atomic mass is 32.2. The number of benzene rings is 2. The second kappa shape index (κ2) is 10.7. The Balaban J connectivity index is 2.14. The molecule has 0 bridgehead atoms. The molecule has 0 heterocycles. The molecule has 0 unspecified atom stereocenters. The van der Waals surface area contributed by atoms with Gasteiger partial charge in [-0.2, -0.15) is 0 Å². The Morgan fingerprint density at radius 3 is 2.30 bits per heavy atom. The molecular weight excluding hydrogens is 438 g/mol. The fourth-order valence-electron chi connectivity index (χ4n) is 3.04. The second-order valence-corrected chi connectivity index (χ2v) is 10.6. The van der Waals surface area contributed by atoms with E-state index in [1.165, 1.54) is 0 Å². The van der Waals surface area contributed by atoms with E-state index >= 15 is 0 Å². The van der Waals surface area contributed by atoms with Crippen molar-refractivity contribution in [3.63, 3.8) is 0 Å². The molecule has 7 nitrogen and oxygen atoms in total. The third-order valence-corrected chi connectivity index (χ3v) is 6.06. The number of aryl methyl sites for hydroxylation is 1. The van der Waals surface area contributed by atoms with E-state index in [1.54, 1.807) is 56.3 Å². The molecule has 2 aromatic carbocycles. The average Bonchev–Trinajstić information content (AvgIpc) is 2.69. The number of rotatable bonds is 8. The lowest BCUT2D eigenvalue weighted by molar-refractivity contribution is -0.153. The molecule has 0 fully saturated rings. The molecule has 0 spiro atoms. The predicted octanol–water partition coefficient (Wildman–Crippen LogP) is 4.72. The van der Waals surface area contributed by atoms with Gasteiger partial charge in [0.2, 0.25) is 0 Å². The van der Waals surface area contributed by atoms with Gasteiger partial charge in [0.15, 0.2) is 0 Å². The van der Waals surface area contributed by atoms with Gasteiger partial charge in [0, 0.05) is 22.7 Å². The molecule has 0 atom stereocenters. The van der Waals surface area contributed by atoms with Crippen LogP contribution in [0.4, 0.5) is 5.69 Å². The molecule has 33 heavy (non-hydrogen) atoms. The number of allylic oxidation sites excluding steroid dienone is 1. The van der Waals surface area contributed by atoms with Crippen LogP contribution in [0.15, 0.2) is 69.7 Å². The summed E-state index contributed by atoms with van der Waals surface area (Å²) in [7, 11) is -3.69. The van der Waals surface area contributed by atoms with E-state index in [0.29, 0.717) is 29.2 Å². The lowest BCUT2D eigenvalue weighted by atomic mass is 10.1. The van der Waals surface area contributed by atoms with Gasteiger partial charge in [-0.1, -0.05) is 29.8 Å². The van der Waals surface area contributed by atoms with Gasteiger partial charge in [-0.15, -0.1) is 0 Å². The van der Waals surface area contributed by atoms with Crippen molar-refractivity contribution in [3.05, 3.63) is 70.9 Å². The molecular formula is C25H33N3O4S. The Bertz CT molecular complexity index is 1150. The Hall–Kier alpha value is -3.13. The summed E-state index contributed by atoms with van der Waals surface area (Å²) >= 11 is 0. The van der Waals surface area contributed by atoms with E-state index in [0.717, 1.165) is 11.1 Å². The number of nitrogens with one attached hydrogen (secondary N) is 1. The number of carbonyl (C=O) groups excluding carboxylic acids is 1. The Morgan fingerprint density at radius 1 is 1.09 bits per heavy atom. The summed E-state index contributed by atoms with van der Waals surface area (Å²) in [6.07, 6.45) is 0.0331. The minimum atomic E-state index is -3.69. The SMILES string of the molecule is CC(=NCc1cccc(NS(=O)(=O)c2ccc(C)cc2)c1)C(CC(=O)OC(C)(C)C)=C(C)N. The van der Waals surface area contributed by atoms with Crippen molar-refractivity contribution in [1.82, 2.24) is 0 Å². The van der Waals surface area contributed by atoms with Crippen molar-refractivity contribution in [2.75, 3.05) is 4.72 Å². The van der Waals surface area contributed by atoms with E-state index in [2.05, 4.69) is 9.71 Å². The fourth-order valence-corrected chi connectivity index (χ4v) is 4.09. The quantitative estimate of drug-likeness (QED) is 0.427. The van der Waals surface area contributed by atoms with E-state index < -0.39 is 15.6 Å². The van der Waals surface area contributed by atoms with Gasteiger partial charge in [-0.3, -0.25) is 14.5 Å². The maximum atomic E-state index is 12.7. The molecule has 178 valence electrons. The van der Waals surface area contributed by atoms with Crippen LogP contribution >= 0.6 is 0 Å². The number of ether oxygens (including phenoxy) is 1. The number of nitrogens with zero attached hydrogens (tertiary/aromatic N) is 1. The molecule has 0 aliphatic carbocycles. The maximum absolute atomic E-state index is 12.7. The molecule has 0 aliphatic heterocycles. The standard InChI is InChI=1S/C25H33N3O4S/c1-17-10-12-22(13-11-17)33(30,31)28-21-9-7-8-20(14-21)16-27-19(3)23(18(2)26)15-24(29)32-25(4,5)6/h7-14,28H,15-16,26H2,1-6H3. The number of hydrogen-bond acceptors (Lipinski definition) is 6. The third-order valence-electron chi connectivity index (χ3n) is 4.66. The molecule has 0 saturated heterocycles.